The normalized spacial score (nSPS) is 17.5. The fourth-order valence-corrected chi connectivity index (χ4v) is 4.92. The lowest BCUT2D eigenvalue weighted by Gasteiger charge is -2.35. The smallest absolute Gasteiger partial charge is 0.256 e. The molecule has 1 unspecified atom stereocenters. The monoisotopic (exact) mass is 460 g/mol. The number of hydrogen-bond acceptors (Lipinski definition) is 4. The summed E-state index contributed by atoms with van der Waals surface area (Å²) < 4.78 is 12.2. The summed E-state index contributed by atoms with van der Waals surface area (Å²) in [4.78, 5) is 16.0. The number of rotatable bonds is 14. The molecule has 33 heavy (non-hydrogen) atoms. The van der Waals surface area contributed by atoms with Crippen molar-refractivity contribution in [2.75, 3.05) is 38.2 Å². The van der Waals surface area contributed by atoms with E-state index in [1.165, 1.54) is 25.9 Å². The fourth-order valence-electron chi connectivity index (χ4n) is 4.92. The van der Waals surface area contributed by atoms with Crippen LogP contribution in [0.5, 0.6) is 5.75 Å². The molecule has 0 aromatic heterocycles. The standard InChI is InChI=1S/C28H48N2O3/c1-7-17-33-28(19-22(2)3,20-23(4)5)27(31)29-25-11-13-26(14-12-25)32-18-9-16-30-15-8-10-24(6)21-30/h11-14,22-24H,7-10,15-21H2,1-6H3,(H,29,31). The van der Waals surface area contributed by atoms with Gasteiger partial charge in [0.1, 0.15) is 11.4 Å². The van der Waals surface area contributed by atoms with Crippen LogP contribution in [-0.2, 0) is 9.53 Å². The minimum Gasteiger partial charge on any atom is -0.494 e. The van der Waals surface area contributed by atoms with Crippen LogP contribution in [0, 0.1) is 17.8 Å². The number of nitrogens with one attached hydrogen (secondary N) is 1. The first-order chi connectivity index (χ1) is 15.7. The molecule has 1 aliphatic heterocycles. The van der Waals surface area contributed by atoms with E-state index in [1.807, 2.05) is 24.3 Å². The van der Waals surface area contributed by atoms with E-state index in [4.69, 9.17) is 9.47 Å². The summed E-state index contributed by atoms with van der Waals surface area (Å²) in [5.41, 5.74) is -0.00827. The first-order valence-electron chi connectivity index (χ1n) is 13.1. The number of carbonyl (C=O) groups is 1. The van der Waals surface area contributed by atoms with E-state index >= 15 is 0 Å². The lowest BCUT2D eigenvalue weighted by molar-refractivity contribution is -0.147. The number of piperidine rings is 1. The number of likely N-dealkylation sites (tertiary alicyclic amines) is 1. The molecular formula is C28H48N2O3. The van der Waals surface area contributed by atoms with Gasteiger partial charge in [-0.3, -0.25) is 4.79 Å². The molecule has 0 radical (unpaired) electrons. The summed E-state index contributed by atoms with van der Waals surface area (Å²) in [6.07, 6.45) is 6.04. The van der Waals surface area contributed by atoms with Crippen molar-refractivity contribution in [2.24, 2.45) is 17.8 Å². The highest BCUT2D eigenvalue weighted by Crippen LogP contribution is 2.31. The molecule has 1 atom stereocenters. The van der Waals surface area contributed by atoms with E-state index in [-0.39, 0.29) is 5.91 Å². The number of ether oxygens (including phenoxy) is 2. The third-order valence-electron chi connectivity index (χ3n) is 6.21. The van der Waals surface area contributed by atoms with Gasteiger partial charge in [0.2, 0.25) is 0 Å². The van der Waals surface area contributed by atoms with Gasteiger partial charge < -0.3 is 19.7 Å². The molecule has 1 heterocycles. The van der Waals surface area contributed by atoms with Crippen LogP contribution in [0.1, 0.15) is 80.1 Å². The largest absolute Gasteiger partial charge is 0.494 e. The summed E-state index contributed by atoms with van der Waals surface area (Å²) in [5.74, 6) is 2.36. The predicted molar refractivity (Wildman–Crippen MR) is 138 cm³/mol. The van der Waals surface area contributed by atoms with E-state index < -0.39 is 5.60 Å². The van der Waals surface area contributed by atoms with Crippen LogP contribution in [0.4, 0.5) is 5.69 Å². The van der Waals surface area contributed by atoms with Gasteiger partial charge in [0.15, 0.2) is 0 Å². The van der Waals surface area contributed by atoms with Crippen molar-refractivity contribution in [1.29, 1.82) is 0 Å². The Morgan fingerprint density at radius 1 is 1.12 bits per heavy atom. The van der Waals surface area contributed by atoms with Gasteiger partial charge in [-0.25, -0.2) is 0 Å². The molecule has 1 aromatic carbocycles. The van der Waals surface area contributed by atoms with Crippen LogP contribution in [0.2, 0.25) is 0 Å². The molecule has 1 amide bonds. The number of nitrogens with zero attached hydrogens (tertiary/aromatic N) is 1. The maximum atomic E-state index is 13.4. The molecule has 188 valence electrons. The van der Waals surface area contributed by atoms with Crippen LogP contribution >= 0.6 is 0 Å². The van der Waals surface area contributed by atoms with Crippen molar-refractivity contribution in [3.05, 3.63) is 24.3 Å². The van der Waals surface area contributed by atoms with Crippen LogP contribution < -0.4 is 10.1 Å². The summed E-state index contributed by atoms with van der Waals surface area (Å²) in [6, 6.07) is 7.74. The maximum absolute atomic E-state index is 13.4. The molecule has 5 heteroatoms. The number of anilines is 1. The van der Waals surface area contributed by atoms with Crippen LogP contribution in [0.3, 0.4) is 0 Å². The van der Waals surface area contributed by atoms with Gasteiger partial charge in [-0.15, -0.1) is 0 Å². The Morgan fingerprint density at radius 3 is 2.36 bits per heavy atom. The summed E-state index contributed by atoms with van der Waals surface area (Å²) >= 11 is 0. The number of carbonyl (C=O) groups excluding carboxylic acids is 1. The third-order valence-corrected chi connectivity index (χ3v) is 6.21. The van der Waals surface area contributed by atoms with E-state index in [1.54, 1.807) is 0 Å². The molecule has 2 rings (SSSR count). The van der Waals surface area contributed by atoms with Crippen molar-refractivity contribution in [1.82, 2.24) is 4.90 Å². The molecule has 5 nitrogen and oxygen atoms in total. The maximum Gasteiger partial charge on any atom is 0.256 e. The van der Waals surface area contributed by atoms with Crippen molar-refractivity contribution in [3.63, 3.8) is 0 Å². The van der Waals surface area contributed by atoms with Crippen molar-refractivity contribution >= 4 is 11.6 Å². The van der Waals surface area contributed by atoms with Gasteiger partial charge in [0.05, 0.1) is 6.61 Å². The van der Waals surface area contributed by atoms with Crippen molar-refractivity contribution in [2.45, 2.75) is 85.7 Å². The zero-order chi connectivity index (χ0) is 24.3. The first-order valence-corrected chi connectivity index (χ1v) is 13.1. The Kier molecular flexibility index (Phi) is 11.7. The van der Waals surface area contributed by atoms with Gasteiger partial charge >= 0.3 is 0 Å². The second-order valence-corrected chi connectivity index (χ2v) is 10.8. The lowest BCUT2D eigenvalue weighted by Crippen LogP contribution is -2.47. The number of benzene rings is 1. The average molecular weight is 461 g/mol. The third kappa shape index (κ3) is 9.66. The van der Waals surface area contributed by atoms with Crippen LogP contribution in [0.15, 0.2) is 24.3 Å². The molecule has 1 fully saturated rings. The minimum atomic E-state index is -0.792. The highest BCUT2D eigenvalue weighted by Gasteiger charge is 2.40. The SMILES string of the molecule is CCCOC(CC(C)C)(CC(C)C)C(=O)Nc1ccc(OCCCN2CCCC(C)C2)cc1. The Balaban J connectivity index is 1.90. The van der Waals surface area contributed by atoms with Gasteiger partial charge in [-0.1, -0.05) is 41.5 Å². The topological polar surface area (TPSA) is 50.8 Å². The second kappa shape index (κ2) is 14.0. The quantitative estimate of drug-likeness (QED) is 0.327. The molecule has 0 aliphatic carbocycles. The van der Waals surface area contributed by atoms with Crippen LogP contribution in [-0.4, -0.2) is 49.3 Å². The van der Waals surface area contributed by atoms with E-state index in [2.05, 4.69) is 51.8 Å². The predicted octanol–water partition coefficient (Wildman–Crippen LogP) is 6.38. The highest BCUT2D eigenvalue weighted by atomic mass is 16.5. The molecule has 0 saturated carbocycles. The fraction of sp³-hybridized carbons (Fsp3) is 0.750. The zero-order valence-electron chi connectivity index (χ0n) is 22.0. The summed E-state index contributed by atoms with van der Waals surface area (Å²) in [7, 11) is 0. The second-order valence-electron chi connectivity index (χ2n) is 10.8. The highest BCUT2D eigenvalue weighted by molar-refractivity contribution is 5.97. The molecule has 1 saturated heterocycles. The zero-order valence-corrected chi connectivity index (χ0v) is 22.0. The van der Waals surface area contributed by atoms with E-state index in [0.29, 0.717) is 37.9 Å². The Bertz CT molecular complexity index is 677. The Labute approximate surface area is 202 Å². The van der Waals surface area contributed by atoms with Gasteiger partial charge in [-0.2, -0.15) is 0 Å². The molecule has 1 N–H and O–H groups in total. The van der Waals surface area contributed by atoms with Crippen molar-refractivity contribution in [3.8, 4) is 5.75 Å². The summed E-state index contributed by atoms with van der Waals surface area (Å²) in [5, 5.41) is 3.12. The molecule has 0 spiro atoms. The van der Waals surface area contributed by atoms with Crippen molar-refractivity contribution < 1.29 is 14.3 Å². The minimum absolute atomic E-state index is 0.0391. The first kappa shape index (κ1) is 27.7. The lowest BCUT2D eigenvalue weighted by atomic mass is 9.83. The van der Waals surface area contributed by atoms with Gasteiger partial charge in [0, 0.05) is 25.4 Å². The Morgan fingerprint density at radius 2 is 1.79 bits per heavy atom. The molecule has 1 aromatic rings. The molecular weight excluding hydrogens is 412 g/mol. The van der Waals surface area contributed by atoms with Gasteiger partial charge in [-0.05, 0) is 87.1 Å². The van der Waals surface area contributed by atoms with E-state index in [0.717, 1.165) is 36.7 Å². The number of amides is 1. The van der Waals surface area contributed by atoms with E-state index in [9.17, 15) is 4.79 Å². The summed E-state index contributed by atoms with van der Waals surface area (Å²) in [6.45, 7) is 17.9. The molecule has 0 bridgehead atoms. The van der Waals surface area contributed by atoms with Gasteiger partial charge in [0.25, 0.3) is 5.91 Å². The molecule has 1 aliphatic rings. The van der Waals surface area contributed by atoms with Crippen LogP contribution in [0.25, 0.3) is 0 Å². The average Bonchev–Trinajstić information content (AvgIpc) is 2.75. The number of hydrogen-bond donors (Lipinski definition) is 1. The Hall–Kier alpha value is -1.59.